The monoisotopic (exact) mass is 242 g/mol. The van der Waals surface area contributed by atoms with E-state index in [1.807, 2.05) is 11.8 Å². The number of aliphatic hydroxyl groups is 1. The Labute approximate surface area is 104 Å². The second-order valence-electron chi connectivity index (χ2n) is 5.05. The third kappa shape index (κ3) is 4.64. The zero-order valence-corrected chi connectivity index (χ0v) is 11.1. The van der Waals surface area contributed by atoms with E-state index in [1.165, 1.54) is 0 Å². The summed E-state index contributed by atoms with van der Waals surface area (Å²) in [5, 5.41) is 12.2. The first kappa shape index (κ1) is 14.5. The van der Waals surface area contributed by atoms with Crippen LogP contribution in [0.2, 0.25) is 0 Å². The Morgan fingerprint density at radius 2 is 2.35 bits per heavy atom. The number of rotatable bonds is 8. The van der Waals surface area contributed by atoms with Crippen LogP contribution in [0, 0.1) is 5.92 Å². The van der Waals surface area contributed by atoms with Gasteiger partial charge in [0.15, 0.2) is 0 Å². The summed E-state index contributed by atoms with van der Waals surface area (Å²) in [4.78, 5) is 13.9. The lowest BCUT2D eigenvalue weighted by molar-refractivity contribution is -0.129. The Hall–Kier alpha value is -0.610. The number of carbonyl (C=O) groups is 1. The molecule has 4 nitrogen and oxygen atoms in total. The van der Waals surface area contributed by atoms with Crippen LogP contribution in [-0.4, -0.2) is 48.2 Å². The number of hydrogen-bond donors (Lipinski definition) is 2. The van der Waals surface area contributed by atoms with E-state index in [9.17, 15) is 4.79 Å². The van der Waals surface area contributed by atoms with E-state index < -0.39 is 0 Å². The van der Waals surface area contributed by atoms with Crippen molar-refractivity contribution in [3.8, 4) is 0 Å². The van der Waals surface area contributed by atoms with Crippen molar-refractivity contribution in [3.05, 3.63) is 0 Å². The van der Waals surface area contributed by atoms with Crippen LogP contribution in [-0.2, 0) is 4.79 Å². The van der Waals surface area contributed by atoms with Crippen LogP contribution >= 0.6 is 0 Å². The van der Waals surface area contributed by atoms with Gasteiger partial charge >= 0.3 is 0 Å². The van der Waals surface area contributed by atoms with E-state index in [0.717, 1.165) is 45.3 Å². The maximum absolute atomic E-state index is 12.0. The maximum Gasteiger partial charge on any atom is 0.239 e. The third-order valence-electron chi connectivity index (χ3n) is 3.37. The quantitative estimate of drug-likeness (QED) is 0.667. The fourth-order valence-electron chi connectivity index (χ4n) is 2.19. The number of hydrogen-bond acceptors (Lipinski definition) is 3. The number of nitrogens with zero attached hydrogens (tertiary/aromatic N) is 1. The molecule has 2 N–H and O–H groups in total. The predicted molar refractivity (Wildman–Crippen MR) is 68.8 cm³/mol. The van der Waals surface area contributed by atoms with Crippen molar-refractivity contribution < 1.29 is 9.90 Å². The molecule has 1 rings (SSSR count). The van der Waals surface area contributed by atoms with Crippen molar-refractivity contribution in [1.29, 1.82) is 0 Å². The molecule has 1 aliphatic heterocycles. The van der Waals surface area contributed by atoms with Gasteiger partial charge in [-0.25, -0.2) is 0 Å². The van der Waals surface area contributed by atoms with Gasteiger partial charge in [0.1, 0.15) is 0 Å². The number of likely N-dealkylation sites (tertiary alicyclic amines) is 1. The first-order valence-corrected chi connectivity index (χ1v) is 6.82. The molecule has 0 aromatic carbocycles. The molecule has 0 aliphatic carbocycles. The summed E-state index contributed by atoms with van der Waals surface area (Å²) in [5.41, 5.74) is 0. The summed E-state index contributed by atoms with van der Waals surface area (Å²) in [7, 11) is 0. The van der Waals surface area contributed by atoms with Gasteiger partial charge < -0.3 is 15.3 Å². The van der Waals surface area contributed by atoms with Crippen molar-refractivity contribution in [2.24, 2.45) is 5.92 Å². The fourth-order valence-corrected chi connectivity index (χ4v) is 2.19. The van der Waals surface area contributed by atoms with Crippen molar-refractivity contribution >= 4 is 5.91 Å². The molecule has 4 heteroatoms. The molecule has 2 unspecified atom stereocenters. The molecule has 1 aliphatic rings. The highest BCUT2D eigenvalue weighted by Gasteiger charge is 2.30. The molecule has 0 spiro atoms. The SMILES string of the molecule is CCCNC1CCN(CCCC(C)CO)C1=O. The summed E-state index contributed by atoms with van der Waals surface area (Å²) in [6, 6.07) is 0.0465. The summed E-state index contributed by atoms with van der Waals surface area (Å²) in [5.74, 6) is 0.608. The molecule has 1 amide bonds. The average molecular weight is 242 g/mol. The van der Waals surface area contributed by atoms with Gasteiger partial charge in [-0.1, -0.05) is 13.8 Å². The molecular weight excluding hydrogens is 216 g/mol. The number of aliphatic hydroxyl groups excluding tert-OH is 1. The summed E-state index contributed by atoms with van der Waals surface area (Å²) in [6.45, 7) is 7.04. The zero-order valence-electron chi connectivity index (χ0n) is 11.1. The molecule has 100 valence electrons. The molecule has 0 radical (unpaired) electrons. The minimum atomic E-state index is 0.0465. The number of amides is 1. The Balaban J connectivity index is 2.20. The molecule has 0 bridgehead atoms. The zero-order chi connectivity index (χ0) is 12.7. The second-order valence-corrected chi connectivity index (χ2v) is 5.05. The molecule has 0 aromatic rings. The number of carbonyl (C=O) groups excluding carboxylic acids is 1. The van der Waals surface area contributed by atoms with Crippen LogP contribution in [0.25, 0.3) is 0 Å². The Morgan fingerprint density at radius 1 is 1.59 bits per heavy atom. The Kier molecular flexibility index (Phi) is 6.52. The minimum Gasteiger partial charge on any atom is -0.396 e. The van der Waals surface area contributed by atoms with E-state index in [2.05, 4.69) is 12.2 Å². The van der Waals surface area contributed by atoms with E-state index in [1.54, 1.807) is 0 Å². The normalized spacial score (nSPS) is 22.2. The largest absolute Gasteiger partial charge is 0.396 e. The highest BCUT2D eigenvalue weighted by molar-refractivity contribution is 5.83. The summed E-state index contributed by atoms with van der Waals surface area (Å²) < 4.78 is 0. The van der Waals surface area contributed by atoms with Crippen LogP contribution in [0.5, 0.6) is 0 Å². The predicted octanol–water partition coefficient (Wildman–Crippen LogP) is 0.995. The lowest BCUT2D eigenvalue weighted by Gasteiger charge is -2.18. The average Bonchev–Trinajstić information content (AvgIpc) is 2.68. The molecule has 0 saturated carbocycles. The van der Waals surface area contributed by atoms with Gasteiger partial charge in [-0.05, 0) is 38.1 Å². The summed E-state index contributed by atoms with van der Waals surface area (Å²) in [6.07, 6.45) is 3.99. The van der Waals surface area contributed by atoms with E-state index in [0.29, 0.717) is 5.92 Å². The van der Waals surface area contributed by atoms with Gasteiger partial charge in [0.05, 0.1) is 6.04 Å². The first-order valence-electron chi connectivity index (χ1n) is 6.82. The molecule has 17 heavy (non-hydrogen) atoms. The van der Waals surface area contributed by atoms with Gasteiger partial charge in [-0.15, -0.1) is 0 Å². The van der Waals surface area contributed by atoms with Gasteiger partial charge in [0, 0.05) is 19.7 Å². The molecule has 1 fully saturated rings. The second kappa shape index (κ2) is 7.67. The van der Waals surface area contributed by atoms with Crippen LogP contribution in [0.1, 0.15) is 39.5 Å². The van der Waals surface area contributed by atoms with Crippen molar-refractivity contribution in [2.45, 2.75) is 45.6 Å². The van der Waals surface area contributed by atoms with E-state index in [4.69, 9.17) is 5.11 Å². The van der Waals surface area contributed by atoms with Gasteiger partial charge in [-0.2, -0.15) is 0 Å². The third-order valence-corrected chi connectivity index (χ3v) is 3.37. The molecule has 2 atom stereocenters. The smallest absolute Gasteiger partial charge is 0.239 e. The molecular formula is C13H26N2O2. The summed E-state index contributed by atoms with van der Waals surface area (Å²) >= 11 is 0. The van der Waals surface area contributed by atoms with Crippen LogP contribution in [0.15, 0.2) is 0 Å². The molecule has 1 heterocycles. The van der Waals surface area contributed by atoms with Crippen molar-refractivity contribution in [3.63, 3.8) is 0 Å². The van der Waals surface area contributed by atoms with Crippen molar-refractivity contribution in [2.75, 3.05) is 26.2 Å². The molecule has 1 saturated heterocycles. The maximum atomic E-state index is 12.0. The van der Waals surface area contributed by atoms with Crippen LogP contribution < -0.4 is 5.32 Å². The lowest BCUT2D eigenvalue weighted by Crippen LogP contribution is -2.38. The van der Waals surface area contributed by atoms with Crippen LogP contribution in [0.3, 0.4) is 0 Å². The standard InChI is InChI=1S/C13H26N2O2/c1-3-7-14-12-6-9-15(13(12)17)8-4-5-11(2)10-16/h11-12,14,16H,3-10H2,1-2H3. The van der Waals surface area contributed by atoms with Crippen LogP contribution in [0.4, 0.5) is 0 Å². The number of nitrogens with one attached hydrogen (secondary N) is 1. The van der Waals surface area contributed by atoms with Gasteiger partial charge in [0.2, 0.25) is 5.91 Å². The highest BCUT2D eigenvalue weighted by Crippen LogP contribution is 2.13. The van der Waals surface area contributed by atoms with E-state index >= 15 is 0 Å². The van der Waals surface area contributed by atoms with E-state index in [-0.39, 0.29) is 18.6 Å². The fraction of sp³-hybridized carbons (Fsp3) is 0.923. The lowest BCUT2D eigenvalue weighted by atomic mass is 10.1. The topological polar surface area (TPSA) is 52.6 Å². The Morgan fingerprint density at radius 3 is 3.00 bits per heavy atom. The first-order chi connectivity index (χ1) is 8.19. The Bertz CT molecular complexity index is 233. The van der Waals surface area contributed by atoms with Gasteiger partial charge in [0.25, 0.3) is 0 Å². The van der Waals surface area contributed by atoms with Gasteiger partial charge in [-0.3, -0.25) is 4.79 Å². The highest BCUT2D eigenvalue weighted by atomic mass is 16.3. The molecule has 0 aromatic heterocycles. The van der Waals surface area contributed by atoms with Crippen molar-refractivity contribution in [1.82, 2.24) is 10.2 Å². The minimum absolute atomic E-state index is 0.0465.